The van der Waals surface area contributed by atoms with Gasteiger partial charge in [0.05, 0.1) is 14.2 Å². The van der Waals surface area contributed by atoms with Gasteiger partial charge in [0.25, 0.3) is 0 Å². The zero-order chi connectivity index (χ0) is 19.9. The Morgan fingerprint density at radius 1 is 0.889 bits per heavy atom. The fraction of sp³-hybridized carbons (Fsp3) is 0.429. The van der Waals surface area contributed by atoms with Crippen LogP contribution < -0.4 is 20.4 Å². The highest BCUT2D eigenvalue weighted by atomic mass is 16.5. The van der Waals surface area contributed by atoms with Crippen LogP contribution in [-0.4, -0.2) is 37.2 Å². The van der Waals surface area contributed by atoms with Crippen molar-refractivity contribution in [2.45, 2.75) is 38.6 Å². The van der Waals surface area contributed by atoms with E-state index < -0.39 is 0 Å². The first-order valence-corrected chi connectivity index (χ1v) is 9.15. The minimum Gasteiger partial charge on any atom is -0.497 e. The number of hydrogen-bond acceptors (Lipinski definition) is 6. The Hall–Kier alpha value is -2.12. The van der Waals surface area contributed by atoms with Crippen LogP contribution in [0.4, 0.5) is 0 Å². The molecule has 6 nitrogen and oxygen atoms in total. The van der Waals surface area contributed by atoms with E-state index in [1.807, 2.05) is 43.3 Å². The van der Waals surface area contributed by atoms with Gasteiger partial charge in [-0.05, 0) is 68.0 Å². The zero-order valence-electron chi connectivity index (χ0n) is 16.4. The zero-order valence-corrected chi connectivity index (χ0v) is 16.4. The molecule has 0 radical (unpaired) electrons. The third-order valence-corrected chi connectivity index (χ3v) is 4.06. The van der Waals surface area contributed by atoms with Crippen molar-refractivity contribution in [2.24, 2.45) is 0 Å². The standard InChI is InChI=1S/C11H17NO2.C10H15NO2/c1-14-11-7-5-10(6-8-11)4-2-3-9-12-13;1-8(11-12)6-9-4-3-5-10(7-9)13-2/h5-8,12-13H,2-4,9H2,1H3;3-5,7-8,11-12H,6H2,1-2H3. The highest BCUT2D eigenvalue weighted by molar-refractivity contribution is 5.29. The molecule has 150 valence electrons. The van der Waals surface area contributed by atoms with Gasteiger partial charge in [-0.15, -0.1) is 0 Å². The van der Waals surface area contributed by atoms with Gasteiger partial charge >= 0.3 is 0 Å². The monoisotopic (exact) mass is 376 g/mol. The van der Waals surface area contributed by atoms with Crippen LogP contribution in [0.15, 0.2) is 48.5 Å². The molecule has 6 heteroatoms. The first-order chi connectivity index (χ1) is 13.1. The van der Waals surface area contributed by atoms with Gasteiger partial charge in [0.15, 0.2) is 0 Å². The molecule has 27 heavy (non-hydrogen) atoms. The molecule has 0 amide bonds. The predicted molar refractivity (Wildman–Crippen MR) is 107 cm³/mol. The highest BCUT2D eigenvalue weighted by Gasteiger charge is 2.02. The van der Waals surface area contributed by atoms with Gasteiger partial charge in [0.2, 0.25) is 0 Å². The van der Waals surface area contributed by atoms with E-state index in [2.05, 4.69) is 23.1 Å². The Morgan fingerprint density at radius 2 is 1.59 bits per heavy atom. The van der Waals surface area contributed by atoms with E-state index >= 15 is 0 Å². The molecule has 0 saturated carbocycles. The van der Waals surface area contributed by atoms with Gasteiger partial charge in [-0.3, -0.25) is 0 Å². The smallest absolute Gasteiger partial charge is 0.119 e. The fourth-order valence-corrected chi connectivity index (χ4v) is 2.52. The number of nitrogens with one attached hydrogen (secondary N) is 2. The van der Waals surface area contributed by atoms with E-state index in [-0.39, 0.29) is 6.04 Å². The molecule has 0 spiro atoms. The summed E-state index contributed by atoms with van der Waals surface area (Å²) in [5.74, 6) is 1.74. The van der Waals surface area contributed by atoms with Crippen molar-refractivity contribution in [1.29, 1.82) is 0 Å². The molecule has 2 rings (SSSR count). The molecule has 0 aliphatic heterocycles. The molecule has 0 fully saturated rings. The molecular weight excluding hydrogens is 344 g/mol. The molecule has 4 N–H and O–H groups in total. The first-order valence-electron chi connectivity index (χ1n) is 9.15. The van der Waals surface area contributed by atoms with Crippen LogP contribution in [0.5, 0.6) is 11.5 Å². The lowest BCUT2D eigenvalue weighted by atomic mass is 10.1. The van der Waals surface area contributed by atoms with Crippen LogP contribution in [0.3, 0.4) is 0 Å². The molecule has 0 bridgehead atoms. The van der Waals surface area contributed by atoms with E-state index in [1.165, 1.54) is 5.56 Å². The van der Waals surface area contributed by atoms with Crippen molar-refractivity contribution in [3.8, 4) is 11.5 Å². The lowest BCUT2D eigenvalue weighted by Gasteiger charge is -2.09. The molecule has 0 aliphatic rings. The summed E-state index contributed by atoms with van der Waals surface area (Å²) >= 11 is 0. The summed E-state index contributed by atoms with van der Waals surface area (Å²) in [5, 5.41) is 17.0. The van der Waals surface area contributed by atoms with Crippen molar-refractivity contribution in [2.75, 3.05) is 20.8 Å². The van der Waals surface area contributed by atoms with Crippen molar-refractivity contribution < 1.29 is 19.9 Å². The molecule has 1 unspecified atom stereocenters. The Kier molecular flexibility index (Phi) is 11.9. The van der Waals surface area contributed by atoms with E-state index in [0.29, 0.717) is 6.54 Å². The van der Waals surface area contributed by atoms with E-state index in [0.717, 1.165) is 42.7 Å². The third kappa shape index (κ3) is 9.96. The Bertz CT molecular complexity index is 620. The second-order valence-electron chi connectivity index (χ2n) is 6.30. The second-order valence-corrected chi connectivity index (χ2v) is 6.30. The van der Waals surface area contributed by atoms with Gasteiger partial charge in [-0.25, -0.2) is 11.0 Å². The molecule has 1 atom stereocenters. The lowest BCUT2D eigenvalue weighted by molar-refractivity contribution is 0.133. The topological polar surface area (TPSA) is 83.0 Å². The molecule has 0 aromatic heterocycles. The number of rotatable bonds is 10. The van der Waals surface area contributed by atoms with Crippen LogP contribution in [0.2, 0.25) is 0 Å². The van der Waals surface area contributed by atoms with Crippen LogP contribution in [-0.2, 0) is 12.8 Å². The largest absolute Gasteiger partial charge is 0.497 e. The summed E-state index contributed by atoms with van der Waals surface area (Å²) in [6.07, 6.45) is 3.90. The summed E-state index contributed by atoms with van der Waals surface area (Å²) in [6.45, 7) is 2.58. The summed E-state index contributed by atoms with van der Waals surface area (Å²) in [5.41, 5.74) is 6.82. The maximum absolute atomic E-state index is 8.64. The predicted octanol–water partition coefficient (Wildman–Crippen LogP) is 3.60. The average Bonchev–Trinajstić information content (AvgIpc) is 2.72. The van der Waals surface area contributed by atoms with Gasteiger partial charge in [0.1, 0.15) is 11.5 Å². The number of hydroxylamine groups is 2. The number of methoxy groups -OCH3 is 2. The average molecular weight is 376 g/mol. The summed E-state index contributed by atoms with van der Waals surface area (Å²) in [6, 6.07) is 16.0. The van der Waals surface area contributed by atoms with Crippen LogP contribution >= 0.6 is 0 Å². The summed E-state index contributed by atoms with van der Waals surface area (Å²) in [7, 11) is 3.31. The van der Waals surface area contributed by atoms with Crippen molar-refractivity contribution >= 4 is 0 Å². The molecule has 2 aromatic rings. The van der Waals surface area contributed by atoms with E-state index in [9.17, 15) is 0 Å². The summed E-state index contributed by atoms with van der Waals surface area (Å²) in [4.78, 5) is 0. The Balaban J connectivity index is 0.000000271. The molecular formula is C21H32N2O4. The third-order valence-electron chi connectivity index (χ3n) is 4.06. The maximum Gasteiger partial charge on any atom is 0.119 e. The van der Waals surface area contributed by atoms with Crippen LogP contribution in [0.25, 0.3) is 0 Å². The molecule has 2 aromatic carbocycles. The van der Waals surface area contributed by atoms with Crippen LogP contribution in [0.1, 0.15) is 30.9 Å². The number of aryl methyl sites for hydroxylation is 1. The maximum atomic E-state index is 8.64. The number of ether oxygens (including phenoxy) is 2. The number of benzene rings is 2. The lowest BCUT2D eigenvalue weighted by Crippen LogP contribution is -2.24. The number of hydrogen-bond donors (Lipinski definition) is 4. The second kappa shape index (κ2) is 14.0. The normalized spacial score (nSPS) is 11.3. The molecule has 0 heterocycles. The van der Waals surface area contributed by atoms with Gasteiger partial charge in [-0.2, -0.15) is 0 Å². The Morgan fingerprint density at radius 3 is 2.19 bits per heavy atom. The fourth-order valence-electron chi connectivity index (χ4n) is 2.52. The van der Waals surface area contributed by atoms with Gasteiger partial charge < -0.3 is 19.9 Å². The van der Waals surface area contributed by atoms with Crippen molar-refractivity contribution in [3.63, 3.8) is 0 Å². The van der Waals surface area contributed by atoms with Crippen LogP contribution in [0, 0.1) is 0 Å². The summed E-state index contributed by atoms with van der Waals surface area (Å²) < 4.78 is 10.2. The van der Waals surface area contributed by atoms with Crippen molar-refractivity contribution in [3.05, 3.63) is 59.7 Å². The SMILES string of the molecule is COc1ccc(CCCCNO)cc1.COc1cccc(CC(C)NO)c1. The van der Waals surface area contributed by atoms with E-state index in [4.69, 9.17) is 19.9 Å². The minimum atomic E-state index is 0.0621. The van der Waals surface area contributed by atoms with Gasteiger partial charge in [0, 0.05) is 12.6 Å². The van der Waals surface area contributed by atoms with Crippen molar-refractivity contribution in [1.82, 2.24) is 11.0 Å². The molecule has 0 saturated heterocycles. The molecule has 0 aliphatic carbocycles. The quantitative estimate of drug-likeness (QED) is 0.375. The minimum absolute atomic E-state index is 0.0621. The van der Waals surface area contributed by atoms with E-state index in [1.54, 1.807) is 14.2 Å². The highest BCUT2D eigenvalue weighted by Crippen LogP contribution is 2.14. The Labute approximate surface area is 162 Å². The van der Waals surface area contributed by atoms with Gasteiger partial charge in [-0.1, -0.05) is 24.3 Å². The first kappa shape index (κ1) is 22.9. The number of unbranched alkanes of at least 4 members (excludes halogenated alkanes) is 1.